The summed E-state index contributed by atoms with van der Waals surface area (Å²) in [6.07, 6.45) is 0.494. The van der Waals surface area contributed by atoms with Gasteiger partial charge in [0.1, 0.15) is 41.2 Å². The lowest BCUT2D eigenvalue weighted by atomic mass is 10.1. The minimum atomic E-state index is -0.871. The summed E-state index contributed by atoms with van der Waals surface area (Å²) in [5.74, 6) is -2.37. The molecule has 0 saturated carbocycles. The molecule has 6 nitrogen and oxygen atoms in total. The van der Waals surface area contributed by atoms with Crippen molar-refractivity contribution in [2.75, 3.05) is 18.5 Å². The standard InChI is InChI=1S/C26H21F2NO5S/c27-19-5-3-6-20(28)23(19)29-26(32)25-24(18-4-1-2-7-21(18)35-25)34-15-14-33-17-11-8-16(9-12-17)10-13-22(30)31/h1-9,11-12H,10,13-15H2,(H,29,32)(H,30,31). The van der Waals surface area contributed by atoms with Crippen molar-refractivity contribution in [3.05, 3.63) is 88.8 Å². The van der Waals surface area contributed by atoms with Crippen LogP contribution in [0.4, 0.5) is 14.5 Å². The van der Waals surface area contributed by atoms with E-state index in [4.69, 9.17) is 14.6 Å². The number of carboxylic acids is 1. The van der Waals surface area contributed by atoms with Crippen molar-refractivity contribution in [1.29, 1.82) is 0 Å². The van der Waals surface area contributed by atoms with Gasteiger partial charge < -0.3 is 19.9 Å². The Kier molecular flexibility index (Phi) is 7.57. The van der Waals surface area contributed by atoms with Gasteiger partial charge in [0.15, 0.2) is 5.75 Å². The van der Waals surface area contributed by atoms with E-state index in [0.717, 1.165) is 33.7 Å². The lowest BCUT2D eigenvalue weighted by molar-refractivity contribution is -0.136. The van der Waals surface area contributed by atoms with Crippen LogP contribution in [0.2, 0.25) is 0 Å². The van der Waals surface area contributed by atoms with Crippen LogP contribution >= 0.6 is 11.3 Å². The molecule has 0 aliphatic rings. The van der Waals surface area contributed by atoms with Gasteiger partial charge in [-0.25, -0.2) is 8.78 Å². The Hall–Kier alpha value is -3.98. The minimum Gasteiger partial charge on any atom is -0.490 e. The molecular weight excluding hydrogens is 476 g/mol. The lowest BCUT2D eigenvalue weighted by Gasteiger charge is -2.11. The Morgan fingerprint density at radius 3 is 2.29 bits per heavy atom. The quantitative estimate of drug-likeness (QED) is 0.266. The number of nitrogens with one attached hydrogen (secondary N) is 1. The summed E-state index contributed by atoms with van der Waals surface area (Å²) < 4.78 is 40.4. The van der Waals surface area contributed by atoms with Gasteiger partial charge in [0.2, 0.25) is 0 Å². The Labute approximate surface area is 203 Å². The van der Waals surface area contributed by atoms with Crippen molar-refractivity contribution in [3.8, 4) is 11.5 Å². The van der Waals surface area contributed by atoms with E-state index in [1.54, 1.807) is 30.3 Å². The number of ether oxygens (including phenoxy) is 2. The predicted octanol–water partition coefficient (Wildman–Crippen LogP) is 5.91. The number of amides is 1. The molecule has 0 radical (unpaired) electrons. The van der Waals surface area contributed by atoms with E-state index in [-0.39, 0.29) is 24.5 Å². The van der Waals surface area contributed by atoms with Crippen molar-refractivity contribution < 1.29 is 33.0 Å². The van der Waals surface area contributed by atoms with Crippen LogP contribution < -0.4 is 14.8 Å². The Morgan fingerprint density at radius 1 is 0.886 bits per heavy atom. The molecule has 0 bridgehead atoms. The number of para-hydroxylation sites is 1. The van der Waals surface area contributed by atoms with E-state index >= 15 is 0 Å². The number of carboxylic acid groups (broad SMARTS) is 1. The molecule has 0 aliphatic heterocycles. The van der Waals surface area contributed by atoms with Gasteiger partial charge in [-0.1, -0.05) is 30.3 Å². The highest BCUT2D eigenvalue weighted by molar-refractivity contribution is 7.21. The van der Waals surface area contributed by atoms with Crippen LogP contribution in [0.1, 0.15) is 21.7 Å². The largest absolute Gasteiger partial charge is 0.490 e. The van der Waals surface area contributed by atoms with E-state index in [1.807, 2.05) is 18.2 Å². The number of hydrogen-bond acceptors (Lipinski definition) is 5. The zero-order chi connectivity index (χ0) is 24.8. The minimum absolute atomic E-state index is 0.0576. The monoisotopic (exact) mass is 497 g/mol. The van der Waals surface area contributed by atoms with Gasteiger partial charge in [-0.15, -0.1) is 11.3 Å². The summed E-state index contributed by atoms with van der Waals surface area (Å²) in [6.45, 7) is 0.303. The van der Waals surface area contributed by atoms with Crippen molar-refractivity contribution in [1.82, 2.24) is 0 Å². The number of thiophene rings is 1. The normalized spacial score (nSPS) is 10.8. The highest BCUT2D eigenvalue weighted by Gasteiger charge is 2.22. The van der Waals surface area contributed by atoms with Gasteiger partial charge >= 0.3 is 5.97 Å². The van der Waals surface area contributed by atoms with Gasteiger partial charge in [0.05, 0.1) is 0 Å². The number of rotatable bonds is 10. The van der Waals surface area contributed by atoms with Gasteiger partial charge in [-0.3, -0.25) is 9.59 Å². The fourth-order valence-corrected chi connectivity index (χ4v) is 4.45. The maximum absolute atomic E-state index is 14.0. The molecule has 0 unspecified atom stereocenters. The number of aliphatic carboxylic acids is 1. The average Bonchev–Trinajstić information content (AvgIpc) is 3.22. The molecule has 3 aromatic carbocycles. The number of fused-ring (bicyclic) bond motifs is 1. The first-order valence-electron chi connectivity index (χ1n) is 10.8. The fourth-order valence-electron chi connectivity index (χ4n) is 3.41. The van der Waals surface area contributed by atoms with Crippen LogP contribution in [0.3, 0.4) is 0 Å². The molecule has 0 saturated heterocycles. The van der Waals surface area contributed by atoms with Crippen LogP contribution in [0.15, 0.2) is 66.7 Å². The Bertz CT molecular complexity index is 1330. The molecular formula is C26H21F2NO5S. The van der Waals surface area contributed by atoms with Crippen molar-refractivity contribution in [2.45, 2.75) is 12.8 Å². The molecule has 2 N–H and O–H groups in total. The molecule has 0 spiro atoms. The summed E-state index contributed by atoms with van der Waals surface area (Å²) >= 11 is 1.16. The molecule has 1 amide bonds. The number of carbonyl (C=O) groups excluding carboxylic acids is 1. The van der Waals surface area contributed by atoms with Crippen molar-refractivity contribution in [3.63, 3.8) is 0 Å². The number of carbonyl (C=O) groups is 2. The highest BCUT2D eigenvalue weighted by atomic mass is 32.1. The first-order valence-corrected chi connectivity index (χ1v) is 11.6. The third-order valence-electron chi connectivity index (χ3n) is 5.11. The zero-order valence-electron chi connectivity index (χ0n) is 18.4. The van der Waals surface area contributed by atoms with Crippen LogP contribution in [0, 0.1) is 11.6 Å². The molecule has 4 aromatic rings. The number of benzene rings is 3. The third-order valence-corrected chi connectivity index (χ3v) is 6.26. The summed E-state index contributed by atoms with van der Waals surface area (Å²) in [6, 6.07) is 17.7. The molecule has 1 aromatic heterocycles. The van der Waals surface area contributed by atoms with Gasteiger partial charge in [0, 0.05) is 16.5 Å². The smallest absolute Gasteiger partial charge is 0.303 e. The highest BCUT2D eigenvalue weighted by Crippen LogP contribution is 2.38. The molecule has 1 heterocycles. The molecule has 9 heteroatoms. The fraction of sp³-hybridized carbons (Fsp3) is 0.154. The third kappa shape index (κ3) is 5.93. The maximum atomic E-state index is 14.0. The van der Waals surface area contributed by atoms with Crippen LogP contribution in [0.5, 0.6) is 11.5 Å². The predicted molar refractivity (Wildman–Crippen MR) is 130 cm³/mol. The SMILES string of the molecule is O=C(O)CCc1ccc(OCCOc2c(C(=O)Nc3c(F)cccc3F)sc3ccccc23)cc1. The van der Waals surface area contributed by atoms with Gasteiger partial charge in [-0.2, -0.15) is 0 Å². The summed E-state index contributed by atoms with van der Waals surface area (Å²) in [4.78, 5) is 23.8. The molecule has 0 atom stereocenters. The topological polar surface area (TPSA) is 84.9 Å². The first kappa shape index (κ1) is 24.2. The van der Waals surface area contributed by atoms with Crippen molar-refractivity contribution in [2.24, 2.45) is 0 Å². The second kappa shape index (κ2) is 11.0. The second-order valence-corrected chi connectivity index (χ2v) is 8.59. The zero-order valence-corrected chi connectivity index (χ0v) is 19.2. The maximum Gasteiger partial charge on any atom is 0.303 e. The lowest BCUT2D eigenvalue weighted by Crippen LogP contribution is -2.15. The van der Waals surface area contributed by atoms with E-state index in [9.17, 15) is 18.4 Å². The van der Waals surface area contributed by atoms with Crippen molar-refractivity contribution >= 4 is 39.0 Å². The molecule has 0 aliphatic carbocycles. The molecule has 180 valence electrons. The number of halogens is 2. The van der Waals surface area contributed by atoms with Crippen LogP contribution in [-0.2, 0) is 11.2 Å². The Balaban J connectivity index is 1.43. The van der Waals surface area contributed by atoms with Crippen LogP contribution in [-0.4, -0.2) is 30.2 Å². The van der Waals surface area contributed by atoms with E-state index < -0.39 is 29.2 Å². The van der Waals surface area contributed by atoms with Gasteiger partial charge in [-0.05, 0) is 48.4 Å². The van der Waals surface area contributed by atoms with E-state index in [1.165, 1.54) is 6.07 Å². The van der Waals surface area contributed by atoms with Crippen LogP contribution in [0.25, 0.3) is 10.1 Å². The number of aryl methyl sites for hydroxylation is 1. The van der Waals surface area contributed by atoms with E-state index in [0.29, 0.717) is 23.3 Å². The first-order chi connectivity index (χ1) is 16.9. The molecule has 35 heavy (non-hydrogen) atoms. The summed E-state index contributed by atoms with van der Waals surface area (Å²) in [5.41, 5.74) is 0.374. The summed E-state index contributed by atoms with van der Waals surface area (Å²) in [7, 11) is 0. The second-order valence-electron chi connectivity index (χ2n) is 7.54. The average molecular weight is 498 g/mol. The number of hydrogen-bond donors (Lipinski definition) is 2. The van der Waals surface area contributed by atoms with E-state index in [2.05, 4.69) is 5.32 Å². The Morgan fingerprint density at radius 2 is 1.57 bits per heavy atom. The molecule has 0 fully saturated rings. The van der Waals surface area contributed by atoms with Gasteiger partial charge in [0.25, 0.3) is 5.91 Å². The summed E-state index contributed by atoms with van der Waals surface area (Å²) in [5, 5.41) is 11.8. The number of anilines is 1. The molecule has 4 rings (SSSR count).